The minimum Gasteiger partial charge on any atom is -0.314 e. The largest absolute Gasteiger partial charge is 0.314 e. The van der Waals surface area contributed by atoms with Crippen molar-refractivity contribution in [2.24, 2.45) is 0 Å². The molecule has 0 saturated carbocycles. The summed E-state index contributed by atoms with van der Waals surface area (Å²) in [6.07, 6.45) is 1.87. The lowest BCUT2D eigenvalue weighted by molar-refractivity contribution is 0.182. The van der Waals surface area contributed by atoms with Gasteiger partial charge in [-0.3, -0.25) is 9.88 Å². The van der Waals surface area contributed by atoms with Gasteiger partial charge in [0.2, 0.25) is 0 Å². The fourth-order valence-corrected chi connectivity index (χ4v) is 2.13. The third kappa shape index (κ3) is 2.77. The lowest BCUT2D eigenvalue weighted by atomic mass is 10.1. The van der Waals surface area contributed by atoms with Crippen LogP contribution in [0.4, 0.5) is 0 Å². The van der Waals surface area contributed by atoms with Crippen molar-refractivity contribution < 1.29 is 0 Å². The van der Waals surface area contributed by atoms with E-state index in [4.69, 9.17) is 0 Å². The van der Waals surface area contributed by atoms with Crippen molar-refractivity contribution in [3.8, 4) is 0 Å². The molecule has 1 N–H and O–H groups in total. The second-order valence-electron chi connectivity index (χ2n) is 3.86. The van der Waals surface area contributed by atoms with Gasteiger partial charge in [0.1, 0.15) is 0 Å². The summed E-state index contributed by atoms with van der Waals surface area (Å²) in [5, 5.41) is 3.36. The van der Waals surface area contributed by atoms with Gasteiger partial charge in [-0.2, -0.15) is 0 Å². The van der Waals surface area contributed by atoms with Crippen molar-refractivity contribution in [1.29, 1.82) is 0 Å². The predicted octanol–water partition coefficient (Wildman–Crippen LogP) is 1.81. The summed E-state index contributed by atoms with van der Waals surface area (Å²) in [6, 6.07) is 4.57. The summed E-state index contributed by atoms with van der Waals surface area (Å²) in [5.74, 6) is 0. The molecular formula is C11H16BrN3. The number of hydrogen-bond acceptors (Lipinski definition) is 3. The SMILES string of the molecule is C[C@H](c1ccc(Br)cn1)N1CCNCC1. The number of halogens is 1. The highest BCUT2D eigenvalue weighted by molar-refractivity contribution is 9.10. The van der Waals surface area contributed by atoms with Gasteiger partial charge in [0.25, 0.3) is 0 Å². The Morgan fingerprint density at radius 1 is 1.40 bits per heavy atom. The molecule has 0 bridgehead atoms. The first kappa shape index (κ1) is 11.0. The normalized spacial score (nSPS) is 20.1. The van der Waals surface area contributed by atoms with Gasteiger partial charge in [-0.05, 0) is 35.0 Å². The van der Waals surface area contributed by atoms with Crippen molar-refractivity contribution >= 4 is 15.9 Å². The maximum atomic E-state index is 4.44. The minimum absolute atomic E-state index is 0.417. The van der Waals surface area contributed by atoms with E-state index in [-0.39, 0.29) is 0 Å². The van der Waals surface area contributed by atoms with Gasteiger partial charge in [-0.1, -0.05) is 0 Å². The molecule has 82 valence electrons. The van der Waals surface area contributed by atoms with Crippen LogP contribution >= 0.6 is 15.9 Å². The molecule has 1 aromatic rings. The molecule has 1 aromatic heterocycles. The average molecular weight is 270 g/mol. The van der Waals surface area contributed by atoms with E-state index in [1.165, 1.54) is 0 Å². The first-order valence-electron chi connectivity index (χ1n) is 5.33. The Labute approximate surface area is 99.0 Å². The van der Waals surface area contributed by atoms with Crippen LogP contribution in [0.5, 0.6) is 0 Å². The van der Waals surface area contributed by atoms with Gasteiger partial charge in [0.05, 0.1) is 5.69 Å². The molecule has 1 saturated heterocycles. The first-order chi connectivity index (χ1) is 7.27. The summed E-state index contributed by atoms with van der Waals surface area (Å²) in [7, 11) is 0. The second kappa shape index (κ2) is 5.05. The predicted molar refractivity (Wildman–Crippen MR) is 64.8 cm³/mol. The molecule has 1 aliphatic rings. The van der Waals surface area contributed by atoms with Crippen LogP contribution in [-0.4, -0.2) is 36.1 Å². The average Bonchev–Trinajstić information content (AvgIpc) is 2.30. The topological polar surface area (TPSA) is 28.2 Å². The number of nitrogens with zero attached hydrogens (tertiary/aromatic N) is 2. The number of rotatable bonds is 2. The van der Waals surface area contributed by atoms with Crippen molar-refractivity contribution in [3.05, 3.63) is 28.5 Å². The molecule has 3 nitrogen and oxygen atoms in total. The van der Waals surface area contributed by atoms with E-state index in [9.17, 15) is 0 Å². The van der Waals surface area contributed by atoms with Crippen molar-refractivity contribution in [2.75, 3.05) is 26.2 Å². The van der Waals surface area contributed by atoms with E-state index in [1.807, 2.05) is 6.20 Å². The van der Waals surface area contributed by atoms with Crippen LogP contribution in [0.15, 0.2) is 22.8 Å². The lowest BCUT2D eigenvalue weighted by Gasteiger charge is -2.32. The van der Waals surface area contributed by atoms with E-state index in [0.29, 0.717) is 6.04 Å². The Morgan fingerprint density at radius 3 is 2.73 bits per heavy atom. The summed E-state index contributed by atoms with van der Waals surface area (Å²) in [4.78, 5) is 6.91. The Balaban J connectivity index is 2.05. The third-order valence-electron chi connectivity index (χ3n) is 2.88. The molecule has 0 unspecified atom stereocenters. The van der Waals surface area contributed by atoms with Gasteiger partial charge in [-0.15, -0.1) is 0 Å². The van der Waals surface area contributed by atoms with E-state index >= 15 is 0 Å². The standard InChI is InChI=1S/C11H16BrN3/c1-9(15-6-4-13-5-7-15)11-3-2-10(12)8-14-11/h2-3,8-9,13H,4-7H2,1H3/t9-/m1/s1. The smallest absolute Gasteiger partial charge is 0.0573 e. The molecule has 1 aliphatic heterocycles. The Kier molecular flexibility index (Phi) is 3.72. The molecule has 15 heavy (non-hydrogen) atoms. The molecule has 1 fully saturated rings. The molecule has 2 heterocycles. The summed E-state index contributed by atoms with van der Waals surface area (Å²) in [6.45, 7) is 6.61. The molecule has 0 aliphatic carbocycles. The molecule has 4 heteroatoms. The maximum absolute atomic E-state index is 4.44. The maximum Gasteiger partial charge on any atom is 0.0573 e. The number of hydrogen-bond donors (Lipinski definition) is 1. The van der Waals surface area contributed by atoms with Crippen molar-refractivity contribution in [3.63, 3.8) is 0 Å². The van der Waals surface area contributed by atoms with Crippen molar-refractivity contribution in [2.45, 2.75) is 13.0 Å². The molecule has 0 aromatic carbocycles. The Morgan fingerprint density at radius 2 is 2.13 bits per heavy atom. The zero-order chi connectivity index (χ0) is 10.7. The van der Waals surface area contributed by atoms with Gasteiger partial charge in [0.15, 0.2) is 0 Å². The van der Waals surface area contributed by atoms with Crippen LogP contribution in [0, 0.1) is 0 Å². The van der Waals surface area contributed by atoms with E-state index in [2.05, 4.69) is 50.2 Å². The molecule has 0 amide bonds. The van der Waals surface area contributed by atoms with Crippen LogP contribution in [0.2, 0.25) is 0 Å². The van der Waals surface area contributed by atoms with E-state index in [1.54, 1.807) is 0 Å². The Hall–Kier alpha value is -0.450. The molecule has 2 rings (SSSR count). The third-order valence-corrected chi connectivity index (χ3v) is 3.35. The van der Waals surface area contributed by atoms with Crippen LogP contribution in [0.3, 0.4) is 0 Å². The van der Waals surface area contributed by atoms with Gasteiger partial charge >= 0.3 is 0 Å². The van der Waals surface area contributed by atoms with Crippen molar-refractivity contribution in [1.82, 2.24) is 15.2 Å². The van der Waals surface area contributed by atoms with Crippen LogP contribution in [-0.2, 0) is 0 Å². The highest BCUT2D eigenvalue weighted by atomic mass is 79.9. The molecule has 1 atom stereocenters. The summed E-state index contributed by atoms with van der Waals surface area (Å²) in [5.41, 5.74) is 1.15. The fourth-order valence-electron chi connectivity index (χ4n) is 1.89. The van der Waals surface area contributed by atoms with E-state index < -0.39 is 0 Å². The summed E-state index contributed by atoms with van der Waals surface area (Å²) >= 11 is 3.40. The summed E-state index contributed by atoms with van der Waals surface area (Å²) < 4.78 is 1.04. The number of nitrogens with one attached hydrogen (secondary N) is 1. The monoisotopic (exact) mass is 269 g/mol. The van der Waals surface area contributed by atoms with Gasteiger partial charge in [0, 0.05) is 42.9 Å². The second-order valence-corrected chi connectivity index (χ2v) is 4.78. The lowest BCUT2D eigenvalue weighted by Crippen LogP contribution is -2.44. The molecule has 0 radical (unpaired) electrons. The van der Waals surface area contributed by atoms with Crippen LogP contribution in [0.1, 0.15) is 18.7 Å². The highest BCUT2D eigenvalue weighted by Gasteiger charge is 2.18. The minimum atomic E-state index is 0.417. The fraction of sp³-hybridized carbons (Fsp3) is 0.545. The zero-order valence-corrected chi connectivity index (χ0v) is 10.5. The number of pyridine rings is 1. The highest BCUT2D eigenvalue weighted by Crippen LogP contribution is 2.19. The van der Waals surface area contributed by atoms with Crippen LogP contribution in [0.25, 0.3) is 0 Å². The van der Waals surface area contributed by atoms with Gasteiger partial charge < -0.3 is 5.32 Å². The first-order valence-corrected chi connectivity index (χ1v) is 6.13. The molecule has 0 spiro atoms. The Bertz CT molecular complexity index is 306. The number of piperazine rings is 1. The number of aromatic nitrogens is 1. The zero-order valence-electron chi connectivity index (χ0n) is 8.91. The van der Waals surface area contributed by atoms with Crippen LogP contribution < -0.4 is 5.32 Å². The quantitative estimate of drug-likeness (QED) is 0.888. The van der Waals surface area contributed by atoms with Gasteiger partial charge in [-0.25, -0.2) is 0 Å². The molecular weight excluding hydrogens is 254 g/mol. The van der Waals surface area contributed by atoms with E-state index in [0.717, 1.165) is 36.3 Å².